The average Bonchev–Trinajstić information content (AvgIpc) is 2.93. The number of hydrogen-bond donors (Lipinski definition) is 1. The van der Waals surface area contributed by atoms with Crippen molar-refractivity contribution in [2.45, 2.75) is 13.1 Å². The molecule has 0 bridgehead atoms. The highest BCUT2D eigenvalue weighted by Crippen LogP contribution is 2.20. The van der Waals surface area contributed by atoms with E-state index in [9.17, 15) is 4.39 Å². The highest BCUT2D eigenvalue weighted by Gasteiger charge is 2.11. The zero-order chi connectivity index (χ0) is 15.1. The van der Waals surface area contributed by atoms with E-state index in [0.29, 0.717) is 25.3 Å². The van der Waals surface area contributed by atoms with Gasteiger partial charge >= 0.3 is 0 Å². The lowest BCUT2D eigenvalue weighted by molar-refractivity contribution is 0.198. The van der Waals surface area contributed by atoms with Crippen molar-refractivity contribution in [3.63, 3.8) is 0 Å². The van der Waals surface area contributed by atoms with Crippen LogP contribution in [0.4, 0.5) is 4.39 Å². The Kier molecular flexibility index (Phi) is 5.65. The molecule has 0 aliphatic carbocycles. The van der Waals surface area contributed by atoms with Crippen LogP contribution in [0, 0.1) is 5.82 Å². The van der Waals surface area contributed by atoms with E-state index in [4.69, 9.17) is 9.47 Å². The predicted molar refractivity (Wildman–Crippen MR) is 75.7 cm³/mol. The van der Waals surface area contributed by atoms with Gasteiger partial charge in [-0.15, -0.1) is 0 Å². The summed E-state index contributed by atoms with van der Waals surface area (Å²) in [6.45, 7) is 2.20. The fourth-order valence-corrected chi connectivity index (χ4v) is 1.93. The number of aromatic nitrogens is 3. The van der Waals surface area contributed by atoms with Crippen LogP contribution in [0.5, 0.6) is 5.75 Å². The van der Waals surface area contributed by atoms with Crippen molar-refractivity contribution in [1.82, 2.24) is 20.1 Å². The van der Waals surface area contributed by atoms with Crippen LogP contribution in [-0.4, -0.2) is 42.1 Å². The van der Waals surface area contributed by atoms with Gasteiger partial charge in [0.15, 0.2) is 11.6 Å². The lowest BCUT2D eigenvalue weighted by Gasteiger charge is -2.10. The molecule has 0 atom stereocenters. The van der Waals surface area contributed by atoms with E-state index < -0.39 is 0 Å². The molecule has 7 heteroatoms. The Balaban J connectivity index is 2.05. The smallest absolute Gasteiger partial charge is 0.170 e. The summed E-state index contributed by atoms with van der Waals surface area (Å²) < 4.78 is 25.7. The summed E-state index contributed by atoms with van der Waals surface area (Å²) in [7, 11) is 3.10. The third-order valence-corrected chi connectivity index (χ3v) is 3.05. The molecule has 0 aliphatic heterocycles. The van der Waals surface area contributed by atoms with Crippen molar-refractivity contribution in [3.8, 4) is 5.75 Å². The number of benzene rings is 1. The monoisotopic (exact) mass is 294 g/mol. The van der Waals surface area contributed by atoms with Crippen LogP contribution in [0.3, 0.4) is 0 Å². The van der Waals surface area contributed by atoms with Crippen LogP contribution in [0.1, 0.15) is 11.4 Å². The first-order chi connectivity index (χ1) is 10.3. The topological polar surface area (TPSA) is 61.2 Å². The van der Waals surface area contributed by atoms with E-state index in [-0.39, 0.29) is 11.6 Å². The number of ether oxygens (including phenoxy) is 2. The van der Waals surface area contributed by atoms with Crippen LogP contribution in [-0.2, 0) is 17.8 Å². The van der Waals surface area contributed by atoms with Gasteiger partial charge in [0.2, 0.25) is 0 Å². The third kappa shape index (κ3) is 3.99. The Morgan fingerprint density at radius 3 is 2.95 bits per heavy atom. The first-order valence-electron chi connectivity index (χ1n) is 6.64. The van der Waals surface area contributed by atoms with Crippen LogP contribution >= 0.6 is 0 Å². The van der Waals surface area contributed by atoms with Gasteiger partial charge in [0, 0.05) is 19.2 Å². The lowest BCUT2D eigenvalue weighted by Crippen LogP contribution is -2.21. The average molecular weight is 294 g/mol. The molecule has 0 fully saturated rings. The zero-order valence-corrected chi connectivity index (χ0v) is 12.2. The highest BCUT2D eigenvalue weighted by molar-refractivity contribution is 5.31. The molecule has 114 valence electrons. The Morgan fingerprint density at radius 2 is 2.19 bits per heavy atom. The molecule has 0 aliphatic rings. The van der Waals surface area contributed by atoms with Crippen LogP contribution in [0.15, 0.2) is 24.5 Å². The summed E-state index contributed by atoms with van der Waals surface area (Å²) in [4.78, 5) is 4.18. The van der Waals surface area contributed by atoms with Gasteiger partial charge in [-0.1, -0.05) is 12.1 Å². The van der Waals surface area contributed by atoms with E-state index in [1.807, 2.05) is 0 Å². The minimum Gasteiger partial charge on any atom is -0.494 e. The van der Waals surface area contributed by atoms with Crippen molar-refractivity contribution >= 4 is 0 Å². The van der Waals surface area contributed by atoms with Crippen LogP contribution < -0.4 is 10.1 Å². The number of nitrogens with one attached hydrogen (secondary N) is 1. The van der Waals surface area contributed by atoms with Gasteiger partial charge in [0.25, 0.3) is 0 Å². The Morgan fingerprint density at radius 1 is 1.33 bits per heavy atom. The van der Waals surface area contributed by atoms with Crippen molar-refractivity contribution in [2.75, 3.05) is 27.4 Å². The van der Waals surface area contributed by atoms with Gasteiger partial charge in [-0.05, 0) is 6.07 Å². The SMILES string of the molecule is COCCNCc1ncnn1Cc1cccc(OC)c1F. The Hall–Kier alpha value is -1.99. The summed E-state index contributed by atoms with van der Waals surface area (Å²) in [6, 6.07) is 5.06. The summed E-state index contributed by atoms with van der Waals surface area (Å²) in [6.07, 6.45) is 1.46. The van der Waals surface area contributed by atoms with Crippen molar-refractivity contribution < 1.29 is 13.9 Å². The highest BCUT2D eigenvalue weighted by atomic mass is 19.1. The second kappa shape index (κ2) is 7.70. The summed E-state index contributed by atoms with van der Waals surface area (Å²) in [5.41, 5.74) is 0.512. The van der Waals surface area contributed by atoms with E-state index in [0.717, 1.165) is 12.4 Å². The molecule has 2 aromatic rings. The molecule has 0 unspecified atom stereocenters. The molecule has 1 N–H and O–H groups in total. The van der Waals surface area contributed by atoms with Crippen molar-refractivity contribution in [3.05, 3.63) is 41.7 Å². The first kappa shape index (κ1) is 15.4. The largest absolute Gasteiger partial charge is 0.494 e. The van der Waals surface area contributed by atoms with Gasteiger partial charge in [-0.25, -0.2) is 14.1 Å². The molecule has 21 heavy (non-hydrogen) atoms. The predicted octanol–water partition coefficient (Wildman–Crippen LogP) is 1.21. The van der Waals surface area contributed by atoms with E-state index in [2.05, 4.69) is 15.4 Å². The standard InChI is InChI=1S/C14H19FN4O2/c1-20-7-6-16-8-13-17-10-18-19(13)9-11-4-3-5-12(21-2)14(11)15/h3-5,10,16H,6-9H2,1-2H3. The zero-order valence-electron chi connectivity index (χ0n) is 12.2. The van der Waals surface area contributed by atoms with Gasteiger partial charge in [-0.2, -0.15) is 5.10 Å². The van der Waals surface area contributed by atoms with E-state index in [1.165, 1.54) is 13.4 Å². The van der Waals surface area contributed by atoms with Crippen molar-refractivity contribution in [1.29, 1.82) is 0 Å². The molecular weight excluding hydrogens is 275 g/mol. The second-order valence-electron chi connectivity index (χ2n) is 4.44. The maximum absolute atomic E-state index is 14.1. The molecule has 0 radical (unpaired) electrons. The molecule has 0 saturated heterocycles. The number of hydrogen-bond acceptors (Lipinski definition) is 5. The fourth-order valence-electron chi connectivity index (χ4n) is 1.93. The summed E-state index contributed by atoms with van der Waals surface area (Å²) >= 11 is 0. The van der Waals surface area contributed by atoms with E-state index in [1.54, 1.807) is 30.0 Å². The normalized spacial score (nSPS) is 10.8. The summed E-state index contributed by atoms with van der Waals surface area (Å²) in [5.74, 6) is 0.606. The molecule has 0 spiro atoms. The number of rotatable bonds is 8. The molecule has 6 nitrogen and oxygen atoms in total. The molecule has 1 aromatic carbocycles. The van der Waals surface area contributed by atoms with Crippen LogP contribution in [0.25, 0.3) is 0 Å². The number of nitrogens with zero attached hydrogens (tertiary/aromatic N) is 3. The van der Waals surface area contributed by atoms with Crippen molar-refractivity contribution in [2.24, 2.45) is 0 Å². The minimum absolute atomic E-state index is 0.229. The number of methoxy groups -OCH3 is 2. The van der Waals surface area contributed by atoms with Gasteiger partial charge in [-0.3, -0.25) is 0 Å². The minimum atomic E-state index is -0.367. The fraction of sp³-hybridized carbons (Fsp3) is 0.429. The number of halogens is 1. The van der Waals surface area contributed by atoms with Gasteiger partial charge in [0.05, 0.1) is 26.8 Å². The second-order valence-corrected chi connectivity index (χ2v) is 4.44. The molecule has 2 rings (SSSR count). The molecule has 0 amide bonds. The van der Waals surface area contributed by atoms with Gasteiger partial charge in [0.1, 0.15) is 12.2 Å². The molecule has 1 heterocycles. The third-order valence-electron chi connectivity index (χ3n) is 3.05. The first-order valence-corrected chi connectivity index (χ1v) is 6.64. The quantitative estimate of drug-likeness (QED) is 0.742. The lowest BCUT2D eigenvalue weighted by atomic mass is 10.2. The van der Waals surface area contributed by atoms with Gasteiger partial charge < -0.3 is 14.8 Å². The Labute approximate surface area is 122 Å². The molecule has 0 saturated carbocycles. The van der Waals surface area contributed by atoms with Crippen LogP contribution in [0.2, 0.25) is 0 Å². The molecular formula is C14H19FN4O2. The molecule has 1 aromatic heterocycles. The Bertz CT molecular complexity index is 574. The van der Waals surface area contributed by atoms with E-state index >= 15 is 0 Å². The summed E-state index contributed by atoms with van der Waals surface area (Å²) in [5, 5.41) is 7.32. The maximum Gasteiger partial charge on any atom is 0.170 e. The maximum atomic E-state index is 14.1.